The zero-order valence-electron chi connectivity index (χ0n) is 8.67. The largest absolute Gasteiger partial charge is 0.311 e. The molecule has 1 heterocycles. The van der Waals surface area contributed by atoms with E-state index in [2.05, 4.69) is 0 Å². The predicted molar refractivity (Wildman–Crippen MR) is 58.0 cm³/mol. The molecule has 6 heteroatoms. The molecule has 16 heavy (non-hydrogen) atoms. The van der Waals surface area contributed by atoms with Crippen molar-refractivity contribution in [3.05, 3.63) is 23.8 Å². The summed E-state index contributed by atoms with van der Waals surface area (Å²) < 4.78 is 31.4. The van der Waals surface area contributed by atoms with Gasteiger partial charge in [-0.15, -0.1) is 0 Å². The number of rotatable bonds is 1. The number of nitrogens with zero attached hydrogens (tertiary/aromatic N) is 1. The lowest BCUT2D eigenvalue weighted by molar-refractivity contribution is -0.116. The first-order valence-electron chi connectivity index (χ1n) is 4.79. The van der Waals surface area contributed by atoms with Crippen molar-refractivity contribution in [2.75, 3.05) is 11.4 Å². The van der Waals surface area contributed by atoms with E-state index in [1.165, 1.54) is 17.9 Å². The number of carbonyl (C=O) groups is 1. The van der Waals surface area contributed by atoms with E-state index in [-0.39, 0.29) is 10.8 Å². The van der Waals surface area contributed by atoms with Gasteiger partial charge in [-0.05, 0) is 18.1 Å². The van der Waals surface area contributed by atoms with Crippen LogP contribution in [0.1, 0.15) is 12.5 Å². The Morgan fingerprint density at radius 3 is 2.69 bits per heavy atom. The molecule has 0 atom stereocenters. The molecular formula is C10H11NO4S. The average molecular weight is 241 g/mol. The summed E-state index contributed by atoms with van der Waals surface area (Å²) in [7, 11) is -4.29. The highest BCUT2D eigenvalue weighted by atomic mass is 32.2. The van der Waals surface area contributed by atoms with E-state index in [1.54, 1.807) is 12.1 Å². The van der Waals surface area contributed by atoms with Crippen molar-refractivity contribution in [1.82, 2.24) is 0 Å². The Balaban J connectivity index is 2.68. The van der Waals surface area contributed by atoms with Gasteiger partial charge in [-0.2, -0.15) is 8.42 Å². The van der Waals surface area contributed by atoms with Crippen molar-refractivity contribution in [2.45, 2.75) is 18.2 Å². The van der Waals surface area contributed by atoms with Crippen LogP contribution in [0.5, 0.6) is 0 Å². The zero-order chi connectivity index (χ0) is 11.9. The van der Waals surface area contributed by atoms with Gasteiger partial charge in [0.2, 0.25) is 5.91 Å². The van der Waals surface area contributed by atoms with Gasteiger partial charge < -0.3 is 4.90 Å². The Morgan fingerprint density at radius 1 is 1.44 bits per heavy atom. The van der Waals surface area contributed by atoms with E-state index in [9.17, 15) is 13.2 Å². The molecule has 0 spiro atoms. The molecule has 0 saturated carbocycles. The van der Waals surface area contributed by atoms with Crippen LogP contribution >= 0.6 is 0 Å². The maximum atomic E-state index is 11.3. The third kappa shape index (κ3) is 1.70. The van der Waals surface area contributed by atoms with E-state index >= 15 is 0 Å². The fourth-order valence-corrected chi connectivity index (χ4v) is 2.68. The van der Waals surface area contributed by atoms with Crippen LogP contribution in [0.4, 0.5) is 5.69 Å². The average Bonchev–Trinajstić information content (AvgIpc) is 2.58. The minimum Gasteiger partial charge on any atom is -0.311 e. The lowest BCUT2D eigenvalue weighted by Gasteiger charge is -2.16. The topological polar surface area (TPSA) is 74.7 Å². The predicted octanol–water partition coefficient (Wildman–Crippen LogP) is 0.842. The highest BCUT2D eigenvalue weighted by molar-refractivity contribution is 7.86. The zero-order valence-corrected chi connectivity index (χ0v) is 9.49. The standard InChI is InChI=1S/C10H11NO4S/c1-7(12)11-6-5-8-3-2-4-9(10(8)11)16(13,14)15/h2-4H,5-6H2,1H3,(H,13,14,15). The molecule has 5 nitrogen and oxygen atoms in total. The van der Waals surface area contributed by atoms with Crippen molar-refractivity contribution >= 4 is 21.7 Å². The SMILES string of the molecule is CC(=O)N1CCc2cccc(S(=O)(=O)O)c21. The molecule has 0 fully saturated rings. The van der Waals surface area contributed by atoms with Gasteiger partial charge in [-0.3, -0.25) is 9.35 Å². The quantitative estimate of drug-likeness (QED) is 0.739. The second-order valence-electron chi connectivity index (χ2n) is 3.66. The van der Waals surface area contributed by atoms with E-state index in [4.69, 9.17) is 4.55 Å². The van der Waals surface area contributed by atoms with E-state index < -0.39 is 10.1 Å². The molecule has 0 aromatic heterocycles. The van der Waals surface area contributed by atoms with Gasteiger partial charge in [0.25, 0.3) is 10.1 Å². The third-order valence-electron chi connectivity index (χ3n) is 2.62. The van der Waals surface area contributed by atoms with Crippen LogP contribution in [-0.4, -0.2) is 25.4 Å². The molecule has 0 bridgehead atoms. The molecule has 1 aromatic carbocycles. The fourth-order valence-electron chi connectivity index (χ4n) is 1.94. The first kappa shape index (κ1) is 11.1. The number of hydrogen-bond donors (Lipinski definition) is 1. The lowest BCUT2D eigenvalue weighted by Crippen LogP contribution is -2.27. The maximum Gasteiger partial charge on any atom is 0.296 e. The van der Waals surface area contributed by atoms with Crippen LogP contribution < -0.4 is 4.90 Å². The van der Waals surface area contributed by atoms with E-state index in [0.29, 0.717) is 18.7 Å². The van der Waals surface area contributed by atoms with Crippen LogP contribution in [-0.2, 0) is 21.3 Å². The number of anilines is 1. The van der Waals surface area contributed by atoms with Crippen molar-refractivity contribution in [2.24, 2.45) is 0 Å². The minimum absolute atomic E-state index is 0.197. The number of para-hydroxylation sites is 1. The van der Waals surface area contributed by atoms with Crippen LogP contribution in [0.2, 0.25) is 0 Å². The molecular weight excluding hydrogens is 230 g/mol. The van der Waals surface area contributed by atoms with Crippen LogP contribution in [0, 0.1) is 0 Å². The summed E-state index contributed by atoms with van der Waals surface area (Å²) >= 11 is 0. The summed E-state index contributed by atoms with van der Waals surface area (Å²) in [6, 6.07) is 4.62. The fraction of sp³-hybridized carbons (Fsp3) is 0.300. The van der Waals surface area contributed by atoms with E-state index in [0.717, 1.165) is 5.56 Å². The molecule has 2 rings (SSSR count). The van der Waals surface area contributed by atoms with E-state index in [1.807, 2.05) is 0 Å². The number of carbonyl (C=O) groups excluding carboxylic acids is 1. The molecule has 1 amide bonds. The summed E-state index contributed by atoms with van der Waals surface area (Å²) in [5.74, 6) is -0.227. The van der Waals surface area contributed by atoms with Crippen molar-refractivity contribution < 1.29 is 17.8 Å². The van der Waals surface area contributed by atoms with Gasteiger partial charge in [0.15, 0.2) is 0 Å². The smallest absolute Gasteiger partial charge is 0.296 e. The minimum atomic E-state index is -4.29. The Kier molecular flexibility index (Phi) is 2.47. The van der Waals surface area contributed by atoms with Gasteiger partial charge in [0.1, 0.15) is 4.90 Å². The maximum absolute atomic E-state index is 11.3. The lowest BCUT2D eigenvalue weighted by atomic mass is 10.2. The first-order valence-corrected chi connectivity index (χ1v) is 6.23. The Bertz CT molecular complexity index is 550. The molecule has 0 aliphatic carbocycles. The van der Waals surface area contributed by atoms with Gasteiger partial charge in [0.05, 0.1) is 5.69 Å². The molecule has 1 aliphatic rings. The van der Waals surface area contributed by atoms with Gasteiger partial charge >= 0.3 is 0 Å². The summed E-state index contributed by atoms with van der Waals surface area (Å²) in [4.78, 5) is 12.5. The van der Waals surface area contributed by atoms with Gasteiger partial charge in [-0.1, -0.05) is 12.1 Å². The third-order valence-corrected chi connectivity index (χ3v) is 3.50. The summed E-state index contributed by atoms with van der Waals surface area (Å²) in [5, 5.41) is 0. The van der Waals surface area contributed by atoms with Crippen LogP contribution in [0.15, 0.2) is 23.1 Å². The number of amides is 1. The molecule has 0 unspecified atom stereocenters. The molecule has 1 aliphatic heterocycles. The summed E-state index contributed by atoms with van der Waals surface area (Å²) in [6.07, 6.45) is 0.609. The Morgan fingerprint density at radius 2 is 2.12 bits per heavy atom. The van der Waals surface area contributed by atoms with Crippen molar-refractivity contribution in [3.63, 3.8) is 0 Å². The second kappa shape index (κ2) is 3.57. The van der Waals surface area contributed by atoms with Gasteiger partial charge in [-0.25, -0.2) is 0 Å². The Hall–Kier alpha value is -1.40. The van der Waals surface area contributed by atoms with Crippen LogP contribution in [0.25, 0.3) is 0 Å². The molecule has 86 valence electrons. The van der Waals surface area contributed by atoms with Crippen LogP contribution in [0.3, 0.4) is 0 Å². The number of fused-ring (bicyclic) bond motifs is 1. The first-order chi connectivity index (χ1) is 7.41. The highest BCUT2D eigenvalue weighted by Crippen LogP contribution is 2.34. The van der Waals surface area contributed by atoms with Crippen molar-refractivity contribution in [1.29, 1.82) is 0 Å². The normalized spacial score (nSPS) is 15.0. The van der Waals surface area contributed by atoms with Crippen molar-refractivity contribution in [3.8, 4) is 0 Å². The number of hydrogen-bond acceptors (Lipinski definition) is 3. The highest BCUT2D eigenvalue weighted by Gasteiger charge is 2.29. The molecule has 0 radical (unpaired) electrons. The second-order valence-corrected chi connectivity index (χ2v) is 5.05. The monoisotopic (exact) mass is 241 g/mol. The summed E-state index contributed by atoms with van der Waals surface area (Å²) in [6.45, 7) is 1.83. The summed E-state index contributed by atoms with van der Waals surface area (Å²) in [5.41, 5.74) is 1.09. The molecule has 0 saturated heterocycles. The molecule has 1 aromatic rings. The number of benzene rings is 1. The van der Waals surface area contributed by atoms with Gasteiger partial charge in [0, 0.05) is 13.5 Å². The molecule has 1 N–H and O–H groups in total. The Labute approximate surface area is 93.4 Å².